The van der Waals surface area contributed by atoms with Gasteiger partial charge in [-0.1, -0.05) is 122 Å². The van der Waals surface area contributed by atoms with Gasteiger partial charge in [-0.15, -0.1) is 0 Å². The molecule has 0 saturated heterocycles. The summed E-state index contributed by atoms with van der Waals surface area (Å²) in [6.45, 7) is 5.55. The summed E-state index contributed by atoms with van der Waals surface area (Å²) in [7, 11) is -13.4. The Hall–Kier alpha value is -9.59. The molecule has 8 aromatic rings. The Bertz CT molecular complexity index is 5010. The molecule has 0 aromatic heterocycles. The van der Waals surface area contributed by atoms with Gasteiger partial charge in [0.2, 0.25) is 46.0 Å². The number of hydrogen-bond acceptors (Lipinski definition) is 14. The fourth-order valence-corrected chi connectivity index (χ4v) is 21.2. The first-order valence-electron chi connectivity index (χ1n) is 39.4. The van der Waals surface area contributed by atoms with E-state index < -0.39 is 64.0 Å². The second-order valence-corrected chi connectivity index (χ2v) is 38.4. The van der Waals surface area contributed by atoms with Crippen LogP contribution in [0.1, 0.15) is 154 Å². The Morgan fingerprint density at radius 3 is 0.974 bits per heavy atom. The number of sulfonamides is 4. The Kier molecular flexibility index (Phi) is 33.7. The molecule has 0 bridgehead atoms. The molecule has 5 N–H and O–H groups in total. The summed E-state index contributed by atoms with van der Waals surface area (Å²) in [6.07, 6.45) is 13.1. The van der Waals surface area contributed by atoms with Crippen molar-refractivity contribution in [3.05, 3.63) is 251 Å². The third kappa shape index (κ3) is 27.2. The minimum absolute atomic E-state index is 0.0675. The molecule has 0 heterocycles. The lowest BCUT2D eigenvalue weighted by Crippen LogP contribution is -2.36. The van der Waals surface area contributed by atoms with Crippen LogP contribution in [0.4, 0.5) is 14.5 Å². The van der Waals surface area contributed by atoms with Gasteiger partial charge in [0, 0.05) is 65.0 Å². The third-order valence-corrected chi connectivity index (χ3v) is 29.3. The van der Waals surface area contributed by atoms with Crippen LogP contribution in [0.5, 0.6) is 5.75 Å². The number of carboxylic acid groups (broad SMARTS) is 4. The summed E-state index contributed by atoms with van der Waals surface area (Å²) >= 11 is 0. The van der Waals surface area contributed by atoms with E-state index in [4.69, 9.17) is 14.9 Å². The summed E-state index contributed by atoms with van der Waals surface area (Å²) < 4.78 is 144. The number of ether oxygens (including phenoxy) is 1. The number of carboxylic acids is 4. The number of amides is 1. The van der Waals surface area contributed by atoms with Crippen molar-refractivity contribution in [2.45, 2.75) is 169 Å². The van der Waals surface area contributed by atoms with Crippen LogP contribution in [0.15, 0.2) is 226 Å². The van der Waals surface area contributed by atoms with Crippen molar-refractivity contribution in [3.8, 4) is 5.75 Å². The number of aliphatic carboxylic acids is 3. The monoisotopic (exact) mass is 1690 g/mol. The molecule has 12 rings (SSSR count). The summed E-state index contributed by atoms with van der Waals surface area (Å²) in [6, 6.07) is 55.0. The SMILES string of the molecule is CC(=O)Nc1ccc(S(=O)(=O)N(Cc2ccccc2)CC2CCC(C(=O)O)CC2)cc1.COc1ccc(CN(CC2CCCCC2)S(=O)(=O)c2ccc(C(=O)O)cc2)cc1.Cc1ccc(S(=O)(=O)N(Cc2ccc(F)cc2)CC2CCC(C(=O)O)CC2)cc1.O=C(O)C1CCC(CN(Cc2ccc(F)cc2)S(=O)(=O)c2ccccc2)CC1. The van der Waals surface area contributed by atoms with Crippen LogP contribution in [0.2, 0.25) is 0 Å². The molecule has 628 valence electrons. The summed E-state index contributed by atoms with van der Waals surface area (Å²) in [5, 5.41) is 39.3. The molecule has 1 amide bonds. The third-order valence-electron chi connectivity index (χ3n) is 22.0. The van der Waals surface area contributed by atoms with Crippen molar-refractivity contribution in [2.24, 2.45) is 41.4 Å². The van der Waals surface area contributed by atoms with Crippen LogP contribution < -0.4 is 10.1 Å². The van der Waals surface area contributed by atoms with E-state index in [-0.39, 0.29) is 104 Å². The van der Waals surface area contributed by atoms with Gasteiger partial charge in [0.15, 0.2) is 0 Å². The van der Waals surface area contributed by atoms with E-state index in [9.17, 15) is 76.6 Å². The average molecular weight is 1690 g/mol. The van der Waals surface area contributed by atoms with E-state index in [1.54, 1.807) is 98.1 Å². The fraction of sp³-hybridized carbons (Fsp3) is 0.398. The second kappa shape index (κ2) is 43.2. The molecule has 23 nitrogen and oxygen atoms in total. The van der Waals surface area contributed by atoms with Gasteiger partial charge in [-0.2, -0.15) is 17.2 Å². The second-order valence-electron chi connectivity index (χ2n) is 30.6. The van der Waals surface area contributed by atoms with Crippen molar-refractivity contribution in [3.63, 3.8) is 0 Å². The van der Waals surface area contributed by atoms with Gasteiger partial charge >= 0.3 is 23.9 Å². The standard InChI is InChI=1S/C23H28N2O5S.C22H26FNO4S.C22H27NO5S.C21H24FNO4S/c1-17(26)24-21-11-13-22(14-12-21)31(29,30)25(15-18-5-3-2-4-6-18)16-19-7-9-20(10-8-19)23(27)28;1-16-2-12-21(13-3-16)29(27,28)24(15-18-6-10-20(23)11-7-18)14-17-4-8-19(9-5-17)22(25)26;1-28-20-11-7-18(8-12-20)16-23(15-17-5-3-2-4-6-17)29(26,27)21-13-9-19(10-14-21)22(24)25;22-19-12-8-17(9-13-19)15-23(28(26,27)20-4-2-1-3-5-20)14-16-6-10-18(11-7-16)21(24)25/h2-6,11-14,19-20H,7-10,15-16H2,1H3,(H,24,26)(H,27,28);2-3,6-7,10-13,17,19H,4-5,8-9,14-15H2,1H3,(H,25,26);7-14,17H,2-6,15-16H2,1H3,(H,24,25);1-5,8-9,12-13,16,18H,6-7,10-11,14-15H2,(H,24,25). The normalized spacial score (nSPS) is 18.7. The van der Waals surface area contributed by atoms with Gasteiger partial charge < -0.3 is 30.5 Å². The Balaban J connectivity index is 0.000000178. The van der Waals surface area contributed by atoms with Crippen molar-refractivity contribution >= 4 is 75.6 Å². The molecular weight excluding hydrogens is 1580 g/mol. The van der Waals surface area contributed by atoms with Gasteiger partial charge in [-0.25, -0.2) is 47.2 Å². The van der Waals surface area contributed by atoms with Crippen molar-refractivity contribution < 1.29 is 91.6 Å². The molecule has 0 atom stereocenters. The van der Waals surface area contributed by atoms with E-state index in [0.717, 1.165) is 48.1 Å². The number of hydrogen-bond donors (Lipinski definition) is 5. The van der Waals surface area contributed by atoms with Crippen LogP contribution in [-0.2, 0) is 85.5 Å². The molecule has 4 aliphatic carbocycles. The highest BCUT2D eigenvalue weighted by molar-refractivity contribution is 7.90. The zero-order chi connectivity index (χ0) is 84.5. The first-order chi connectivity index (χ1) is 55.8. The van der Waals surface area contributed by atoms with Crippen molar-refractivity contribution in [1.29, 1.82) is 0 Å². The van der Waals surface area contributed by atoms with Gasteiger partial charge in [0.05, 0.1) is 50.0 Å². The van der Waals surface area contributed by atoms with Crippen molar-refractivity contribution in [1.82, 2.24) is 17.2 Å². The highest BCUT2D eigenvalue weighted by Crippen LogP contribution is 2.37. The quantitative estimate of drug-likeness (QED) is 0.0279. The number of carbonyl (C=O) groups is 5. The van der Waals surface area contributed by atoms with E-state index in [1.807, 2.05) is 61.5 Å². The van der Waals surface area contributed by atoms with Gasteiger partial charge in [0.1, 0.15) is 17.4 Å². The minimum atomic E-state index is -3.77. The summed E-state index contributed by atoms with van der Waals surface area (Å²) in [5.41, 5.74) is 4.76. The number of nitrogens with one attached hydrogen (secondary N) is 1. The zero-order valence-corrected chi connectivity index (χ0v) is 69.3. The van der Waals surface area contributed by atoms with Crippen LogP contribution in [0.25, 0.3) is 0 Å². The van der Waals surface area contributed by atoms with E-state index in [1.165, 1.54) is 91.2 Å². The molecule has 0 radical (unpaired) electrons. The van der Waals surface area contributed by atoms with Gasteiger partial charge in [-0.3, -0.25) is 19.2 Å². The molecule has 4 saturated carbocycles. The number of carbonyl (C=O) groups excluding carboxylic acids is 1. The topological polar surface area (TPSA) is 337 Å². The van der Waals surface area contributed by atoms with E-state index >= 15 is 0 Å². The highest BCUT2D eigenvalue weighted by Gasteiger charge is 2.36. The van der Waals surface area contributed by atoms with Gasteiger partial charge in [0.25, 0.3) is 0 Å². The molecule has 29 heteroatoms. The summed E-state index contributed by atoms with van der Waals surface area (Å²) in [4.78, 5) is 56.6. The smallest absolute Gasteiger partial charge is 0.335 e. The van der Waals surface area contributed by atoms with Crippen molar-refractivity contribution in [2.75, 3.05) is 38.6 Å². The Morgan fingerprint density at radius 1 is 0.368 bits per heavy atom. The average Bonchev–Trinajstić information content (AvgIpc) is 0.814. The van der Waals surface area contributed by atoms with Crippen LogP contribution in [0.3, 0.4) is 0 Å². The fourth-order valence-electron chi connectivity index (χ4n) is 15.2. The molecule has 4 aliphatic rings. The maximum atomic E-state index is 13.5. The lowest BCUT2D eigenvalue weighted by atomic mass is 9.82. The molecule has 0 unspecified atom stereocenters. The van der Waals surface area contributed by atoms with Crippen LogP contribution in [0, 0.1) is 60.0 Å². The predicted molar refractivity (Wildman–Crippen MR) is 440 cm³/mol. The lowest BCUT2D eigenvalue weighted by molar-refractivity contribution is -0.144. The highest BCUT2D eigenvalue weighted by atomic mass is 32.2. The summed E-state index contributed by atoms with van der Waals surface area (Å²) in [5.74, 6) is -3.99. The largest absolute Gasteiger partial charge is 0.497 e. The number of halogens is 2. The molecular formula is C88H105F2N5O18S4. The maximum Gasteiger partial charge on any atom is 0.335 e. The lowest BCUT2D eigenvalue weighted by Gasteiger charge is -2.31. The first-order valence-corrected chi connectivity index (χ1v) is 45.2. The van der Waals surface area contributed by atoms with Crippen LogP contribution in [-0.4, -0.2) is 134 Å². The Labute approximate surface area is 685 Å². The number of aromatic carboxylic acids is 1. The molecule has 8 aromatic carbocycles. The molecule has 0 spiro atoms. The number of methoxy groups -OCH3 is 1. The number of rotatable bonds is 30. The number of nitrogens with zero attached hydrogens (tertiary/aromatic N) is 4. The maximum absolute atomic E-state index is 13.5. The number of aryl methyl sites for hydroxylation is 1. The van der Waals surface area contributed by atoms with E-state index in [0.29, 0.717) is 126 Å². The van der Waals surface area contributed by atoms with E-state index in [2.05, 4.69) is 5.32 Å². The molecule has 117 heavy (non-hydrogen) atoms. The number of anilines is 1. The van der Waals surface area contributed by atoms with Crippen LogP contribution >= 0.6 is 0 Å². The Morgan fingerprint density at radius 2 is 0.658 bits per heavy atom. The first kappa shape index (κ1) is 91.3. The van der Waals surface area contributed by atoms with Gasteiger partial charge in [-0.05, 0) is 252 Å². The zero-order valence-electron chi connectivity index (χ0n) is 66.0. The number of benzene rings is 8. The molecule has 0 aliphatic heterocycles. The minimum Gasteiger partial charge on any atom is -0.497 e. The predicted octanol–water partition coefficient (Wildman–Crippen LogP) is 16.0. The molecule has 4 fully saturated rings.